The van der Waals surface area contributed by atoms with Gasteiger partial charge in [-0.1, -0.05) is 17.7 Å². The summed E-state index contributed by atoms with van der Waals surface area (Å²) in [7, 11) is -4.23. The van der Waals surface area contributed by atoms with Gasteiger partial charge in [0.15, 0.2) is 0 Å². The van der Waals surface area contributed by atoms with E-state index in [1.54, 1.807) is 0 Å². The summed E-state index contributed by atoms with van der Waals surface area (Å²) in [5.41, 5.74) is 4.94. The first kappa shape index (κ1) is 14.5. The van der Waals surface area contributed by atoms with Crippen LogP contribution in [-0.4, -0.2) is 8.42 Å². The fourth-order valence-electron chi connectivity index (χ4n) is 1.58. The molecule has 2 rings (SSSR count). The van der Waals surface area contributed by atoms with E-state index in [2.05, 4.69) is 0 Å². The summed E-state index contributed by atoms with van der Waals surface area (Å²) in [5, 5.41) is -0.116. The summed E-state index contributed by atoms with van der Waals surface area (Å²) in [5.74, 6) is -1.70. The molecular formula is C12H9ClF2N2O2S. The molecule has 3 N–H and O–H groups in total. The van der Waals surface area contributed by atoms with Gasteiger partial charge in [0.05, 0.1) is 16.4 Å². The molecular weight excluding hydrogens is 310 g/mol. The van der Waals surface area contributed by atoms with E-state index >= 15 is 0 Å². The predicted molar refractivity (Wildman–Crippen MR) is 73.0 cm³/mol. The van der Waals surface area contributed by atoms with Crippen LogP contribution in [0.4, 0.5) is 20.2 Å². The monoisotopic (exact) mass is 318 g/mol. The number of anilines is 2. The summed E-state index contributed by atoms with van der Waals surface area (Å²) >= 11 is 5.78. The highest BCUT2D eigenvalue weighted by molar-refractivity contribution is 7.93. The normalized spacial score (nSPS) is 11.3. The van der Waals surface area contributed by atoms with Gasteiger partial charge >= 0.3 is 0 Å². The number of benzene rings is 2. The molecule has 0 saturated carbocycles. The van der Waals surface area contributed by atoms with Gasteiger partial charge in [-0.2, -0.15) is 0 Å². The van der Waals surface area contributed by atoms with Gasteiger partial charge in [-0.05, 0) is 24.3 Å². The maximum Gasteiger partial charge on any atom is 0.265 e. The van der Waals surface area contributed by atoms with E-state index in [0.717, 1.165) is 18.2 Å². The van der Waals surface area contributed by atoms with Gasteiger partial charge < -0.3 is 5.73 Å². The van der Waals surface area contributed by atoms with Crippen molar-refractivity contribution in [2.45, 2.75) is 4.90 Å². The number of hydrogen-bond acceptors (Lipinski definition) is 3. The summed E-state index contributed by atoms with van der Waals surface area (Å²) in [4.78, 5) is -0.384. The lowest BCUT2D eigenvalue weighted by Gasteiger charge is -2.12. The Kier molecular flexibility index (Phi) is 3.82. The van der Waals surface area contributed by atoms with Gasteiger partial charge in [-0.25, -0.2) is 17.2 Å². The third-order valence-corrected chi connectivity index (χ3v) is 4.35. The number of nitrogen functional groups attached to an aromatic ring is 1. The van der Waals surface area contributed by atoms with Crippen molar-refractivity contribution in [1.29, 1.82) is 0 Å². The molecule has 0 amide bonds. The third-order valence-electron chi connectivity index (χ3n) is 2.44. The molecule has 0 aromatic heterocycles. The summed E-state index contributed by atoms with van der Waals surface area (Å²) in [6.07, 6.45) is 0. The zero-order chi connectivity index (χ0) is 14.9. The molecule has 0 bridgehead atoms. The zero-order valence-corrected chi connectivity index (χ0v) is 11.5. The summed E-state index contributed by atoms with van der Waals surface area (Å²) in [6.45, 7) is 0. The average Bonchev–Trinajstić information content (AvgIpc) is 2.33. The zero-order valence-electron chi connectivity index (χ0n) is 9.90. The quantitative estimate of drug-likeness (QED) is 0.854. The summed E-state index contributed by atoms with van der Waals surface area (Å²) in [6, 6.07) is 6.54. The second kappa shape index (κ2) is 5.26. The van der Waals surface area contributed by atoms with Crippen molar-refractivity contribution in [3.8, 4) is 0 Å². The van der Waals surface area contributed by atoms with Gasteiger partial charge in [-0.3, -0.25) is 4.72 Å². The molecule has 0 radical (unpaired) electrons. The fourth-order valence-corrected chi connectivity index (χ4v) is 3.32. The largest absolute Gasteiger partial charge is 0.398 e. The fraction of sp³-hybridized carbons (Fsp3) is 0. The number of nitrogens with two attached hydrogens (primary N) is 1. The van der Waals surface area contributed by atoms with Crippen LogP contribution in [0, 0.1) is 11.6 Å². The van der Waals surface area contributed by atoms with Crippen LogP contribution in [0.2, 0.25) is 5.02 Å². The third kappa shape index (κ3) is 2.83. The van der Waals surface area contributed by atoms with Crippen LogP contribution in [0.3, 0.4) is 0 Å². The standard InChI is InChI=1S/C12H9ClF2N2O2S/c13-8-2-1-3-10(16)12(8)20(18,19)17-11-6-7(14)4-5-9(11)15/h1-6,17H,16H2. The second-order valence-corrected chi connectivity index (χ2v) is 5.91. The van der Waals surface area contributed by atoms with Crippen molar-refractivity contribution >= 4 is 33.0 Å². The van der Waals surface area contributed by atoms with Crippen LogP contribution in [0.5, 0.6) is 0 Å². The molecule has 20 heavy (non-hydrogen) atoms. The number of rotatable bonds is 3. The van der Waals surface area contributed by atoms with Gasteiger partial charge in [-0.15, -0.1) is 0 Å². The Morgan fingerprint density at radius 2 is 1.85 bits per heavy atom. The maximum absolute atomic E-state index is 13.5. The molecule has 0 spiro atoms. The molecule has 0 atom stereocenters. The minimum absolute atomic E-state index is 0.0955. The molecule has 106 valence electrons. The minimum Gasteiger partial charge on any atom is -0.398 e. The van der Waals surface area contributed by atoms with E-state index in [4.69, 9.17) is 17.3 Å². The van der Waals surface area contributed by atoms with Crippen molar-refractivity contribution < 1.29 is 17.2 Å². The van der Waals surface area contributed by atoms with Crippen molar-refractivity contribution in [1.82, 2.24) is 0 Å². The molecule has 0 aliphatic heterocycles. The van der Waals surface area contributed by atoms with Crippen molar-refractivity contribution in [3.63, 3.8) is 0 Å². The smallest absolute Gasteiger partial charge is 0.265 e. The van der Waals surface area contributed by atoms with Crippen LogP contribution >= 0.6 is 11.6 Å². The van der Waals surface area contributed by atoms with E-state index < -0.39 is 27.3 Å². The summed E-state index contributed by atoms with van der Waals surface area (Å²) < 4.78 is 52.7. The van der Waals surface area contributed by atoms with Crippen LogP contribution in [0.25, 0.3) is 0 Å². The van der Waals surface area contributed by atoms with E-state index in [1.165, 1.54) is 18.2 Å². The predicted octanol–water partition coefficient (Wildman–Crippen LogP) is 3.00. The van der Waals surface area contributed by atoms with Crippen LogP contribution in [0.15, 0.2) is 41.3 Å². The Morgan fingerprint density at radius 1 is 1.15 bits per heavy atom. The number of nitrogens with one attached hydrogen (secondary N) is 1. The van der Waals surface area contributed by atoms with Gasteiger partial charge in [0, 0.05) is 6.07 Å². The van der Waals surface area contributed by atoms with Crippen LogP contribution in [-0.2, 0) is 10.0 Å². The molecule has 4 nitrogen and oxygen atoms in total. The first-order valence-electron chi connectivity index (χ1n) is 5.33. The number of hydrogen-bond donors (Lipinski definition) is 2. The molecule has 2 aromatic rings. The Hall–Kier alpha value is -1.86. The molecule has 0 unspecified atom stereocenters. The molecule has 8 heteroatoms. The molecule has 0 saturated heterocycles. The topological polar surface area (TPSA) is 72.2 Å². The van der Waals surface area contributed by atoms with E-state index in [0.29, 0.717) is 0 Å². The highest BCUT2D eigenvalue weighted by Crippen LogP contribution is 2.29. The van der Waals surface area contributed by atoms with E-state index in [9.17, 15) is 17.2 Å². The lowest BCUT2D eigenvalue weighted by Crippen LogP contribution is -2.16. The Morgan fingerprint density at radius 3 is 2.50 bits per heavy atom. The van der Waals surface area contributed by atoms with Gasteiger partial charge in [0.25, 0.3) is 10.0 Å². The molecule has 0 fully saturated rings. The maximum atomic E-state index is 13.5. The van der Waals surface area contributed by atoms with Gasteiger partial charge in [0.2, 0.25) is 0 Å². The molecule has 0 heterocycles. The number of sulfonamides is 1. The highest BCUT2D eigenvalue weighted by atomic mass is 35.5. The molecule has 0 aliphatic carbocycles. The first-order valence-corrected chi connectivity index (χ1v) is 7.19. The lowest BCUT2D eigenvalue weighted by molar-refractivity contribution is 0.594. The van der Waals surface area contributed by atoms with Crippen molar-refractivity contribution in [2.24, 2.45) is 0 Å². The average molecular weight is 319 g/mol. The Labute approximate surface area is 119 Å². The van der Waals surface area contributed by atoms with Gasteiger partial charge in [0.1, 0.15) is 16.5 Å². The Balaban J connectivity index is 2.49. The van der Waals surface area contributed by atoms with Crippen molar-refractivity contribution in [3.05, 3.63) is 53.1 Å². The van der Waals surface area contributed by atoms with Crippen LogP contribution in [0.1, 0.15) is 0 Å². The number of halogens is 3. The van der Waals surface area contributed by atoms with Crippen molar-refractivity contribution in [2.75, 3.05) is 10.5 Å². The van der Waals surface area contributed by atoms with E-state index in [1.807, 2.05) is 4.72 Å². The van der Waals surface area contributed by atoms with Crippen LogP contribution < -0.4 is 10.5 Å². The first-order chi connectivity index (χ1) is 9.31. The minimum atomic E-state index is -4.23. The van der Waals surface area contributed by atoms with E-state index in [-0.39, 0.29) is 15.6 Å². The highest BCUT2D eigenvalue weighted by Gasteiger charge is 2.22. The molecule has 0 aliphatic rings. The Bertz CT molecular complexity index is 746. The SMILES string of the molecule is Nc1cccc(Cl)c1S(=O)(=O)Nc1cc(F)ccc1F. The molecule has 2 aromatic carbocycles. The lowest BCUT2D eigenvalue weighted by atomic mass is 10.3. The second-order valence-electron chi connectivity index (χ2n) is 3.89.